The molecule has 1 saturated carbocycles. The van der Waals surface area contributed by atoms with Crippen LogP contribution in [0.3, 0.4) is 0 Å². The van der Waals surface area contributed by atoms with Gasteiger partial charge in [-0.3, -0.25) is 0 Å². The lowest BCUT2D eigenvalue weighted by Crippen LogP contribution is -2.38. The summed E-state index contributed by atoms with van der Waals surface area (Å²) in [5.41, 5.74) is 0. The van der Waals surface area contributed by atoms with Gasteiger partial charge in [0, 0.05) is 12.6 Å². The van der Waals surface area contributed by atoms with Crippen molar-refractivity contribution in [1.82, 2.24) is 10.6 Å². The molecule has 0 aromatic heterocycles. The quantitative estimate of drug-likeness (QED) is 0.659. The van der Waals surface area contributed by atoms with Crippen LogP contribution in [0.5, 0.6) is 0 Å². The molecule has 2 N–H and O–H groups in total. The second kappa shape index (κ2) is 4.33. The van der Waals surface area contributed by atoms with Gasteiger partial charge in [-0.1, -0.05) is 20.3 Å². The molecular weight excluding hydrogens is 152 g/mol. The second-order valence-corrected chi connectivity index (χ2v) is 3.64. The molecule has 1 fully saturated rings. The van der Waals surface area contributed by atoms with E-state index in [-0.39, 0.29) is 6.03 Å². The standard InChI is InChI=1S/C9H18N2O/c1-3-7(2)6-10-9(12)11-8-4-5-8/h7-8H,3-6H2,1-2H3,(H2,10,11,12). The Balaban J connectivity index is 2.00. The zero-order valence-corrected chi connectivity index (χ0v) is 7.89. The van der Waals surface area contributed by atoms with Crippen molar-refractivity contribution in [2.75, 3.05) is 6.54 Å². The van der Waals surface area contributed by atoms with E-state index in [1.165, 1.54) is 0 Å². The highest BCUT2D eigenvalue weighted by Crippen LogP contribution is 2.18. The molecule has 0 heterocycles. The van der Waals surface area contributed by atoms with E-state index in [1.54, 1.807) is 0 Å². The fourth-order valence-electron chi connectivity index (χ4n) is 0.875. The average Bonchev–Trinajstić information content (AvgIpc) is 2.84. The van der Waals surface area contributed by atoms with Crippen molar-refractivity contribution in [2.24, 2.45) is 5.92 Å². The lowest BCUT2D eigenvalue weighted by atomic mass is 10.1. The SMILES string of the molecule is CCC(C)CNC(=O)NC1CC1. The lowest BCUT2D eigenvalue weighted by molar-refractivity contribution is 0.238. The first-order valence-electron chi connectivity index (χ1n) is 4.76. The van der Waals surface area contributed by atoms with Crippen molar-refractivity contribution in [3.8, 4) is 0 Å². The lowest BCUT2D eigenvalue weighted by Gasteiger charge is -2.10. The molecule has 1 unspecified atom stereocenters. The molecular formula is C9H18N2O. The van der Waals surface area contributed by atoms with Gasteiger partial charge >= 0.3 is 6.03 Å². The van der Waals surface area contributed by atoms with Crippen molar-refractivity contribution in [1.29, 1.82) is 0 Å². The fraction of sp³-hybridized carbons (Fsp3) is 0.889. The minimum absolute atomic E-state index is 0.00204. The predicted octanol–water partition coefficient (Wildman–Crippen LogP) is 1.49. The van der Waals surface area contributed by atoms with E-state index in [1.807, 2.05) is 0 Å². The van der Waals surface area contributed by atoms with Crippen LogP contribution in [-0.4, -0.2) is 18.6 Å². The van der Waals surface area contributed by atoms with Crippen molar-refractivity contribution in [3.05, 3.63) is 0 Å². The summed E-state index contributed by atoms with van der Waals surface area (Å²) < 4.78 is 0. The van der Waals surface area contributed by atoms with Crippen LogP contribution in [0.15, 0.2) is 0 Å². The summed E-state index contributed by atoms with van der Waals surface area (Å²) in [4.78, 5) is 11.1. The third-order valence-corrected chi connectivity index (χ3v) is 2.22. The summed E-state index contributed by atoms with van der Waals surface area (Å²) >= 11 is 0. The average molecular weight is 170 g/mol. The molecule has 1 aliphatic carbocycles. The maximum Gasteiger partial charge on any atom is 0.315 e. The van der Waals surface area contributed by atoms with E-state index >= 15 is 0 Å². The Morgan fingerprint density at radius 2 is 2.25 bits per heavy atom. The van der Waals surface area contributed by atoms with Gasteiger partial charge in [0.25, 0.3) is 0 Å². The molecule has 0 spiro atoms. The van der Waals surface area contributed by atoms with E-state index in [0.29, 0.717) is 12.0 Å². The zero-order chi connectivity index (χ0) is 8.97. The Kier molecular flexibility index (Phi) is 3.38. The highest BCUT2D eigenvalue weighted by Gasteiger charge is 2.22. The molecule has 12 heavy (non-hydrogen) atoms. The molecule has 0 bridgehead atoms. The molecule has 0 aliphatic heterocycles. The minimum atomic E-state index is -0.00204. The number of hydrogen-bond acceptors (Lipinski definition) is 1. The Hall–Kier alpha value is -0.730. The van der Waals surface area contributed by atoms with Crippen LogP contribution in [0.1, 0.15) is 33.1 Å². The number of carbonyl (C=O) groups excluding carboxylic acids is 1. The second-order valence-electron chi connectivity index (χ2n) is 3.64. The number of urea groups is 1. The van der Waals surface area contributed by atoms with Crippen molar-refractivity contribution >= 4 is 6.03 Å². The molecule has 3 nitrogen and oxygen atoms in total. The van der Waals surface area contributed by atoms with Gasteiger partial charge in [-0.25, -0.2) is 4.79 Å². The predicted molar refractivity (Wildman–Crippen MR) is 49.0 cm³/mol. The number of nitrogens with one attached hydrogen (secondary N) is 2. The molecule has 70 valence electrons. The molecule has 0 aromatic rings. The Bertz CT molecular complexity index is 155. The van der Waals surface area contributed by atoms with Gasteiger partial charge in [0.2, 0.25) is 0 Å². The summed E-state index contributed by atoms with van der Waals surface area (Å²) in [6.07, 6.45) is 3.41. The fourth-order valence-corrected chi connectivity index (χ4v) is 0.875. The van der Waals surface area contributed by atoms with Crippen LogP contribution < -0.4 is 10.6 Å². The summed E-state index contributed by atoms with van der Waals surface area (Å²) in [5, 5.41) is 5.74. The van der Waals surface area contributed by atoms with Crippen molar-refractivity contribution in [3.63, 3.8) is 0 Å². The van der Waals surface area contributed by atoms with Gasteiger partial charge < -0.3 is 10.6 Å². The molecule has 2 amide bonds. The van der Waals surface area contributed by atoms with Gasteiger partial charge in [-0.15, -0.1) is 0 Å². The highest BCUT2D eigenvalue weighted by atomic mass is 16.2. The van der Waals surface area contributed by atoms with Crippen LogP contribution in [0.25, 0.3) is 0 Å². The smallest absolute Gasteiger partial charge is 0.315 e. The van der Waals surface area contributed by atoms with Gasteiger partial charge in [0.15, 0.2) is 0 Å². The van der Waals surface area contributed by atoms with Gasteiger partial charge in [0.05, 0.1) is 0 Å². The molecule has 0 radical (unpaired) electrons. The normalized spacial score (nSPS) is 18.5. The van der Waals surface area contributed by atoms with Crippen molar-refractivity contribution < 1.29 is 4.79 Å². The molecule has 1 atom stereocenters. The third-order valence-electron chi connectivity index (χ3n) is 2.22. The molecule has 0 aromatic carbocycles. The molecule has 1 aliphatic rings. The minimum Gasteiger partial charge on any atom is -0.338 e. The van der Waals surface area contributed by atoms with Crippen LogP contribution in [0.4, 0.5) is 4.79 Å². The maximum absolute atomic E-state index is 11.1. The Morgan fingerprint density at radius 3 is 2.75 bits per heavy atom. The summed E-state index contributed by atoms with van der Waals surface area (Å²) in [5.74, 6) is 0.579. The van der Waals surface area contributed by atoms with Crippen LogP contribution in [0.2, 0.25) is 0 Å². The molecule has 3 heteroatoms. The van der Waals surface area contributed by atoms with E-state index in [2.05, 4.69) is 24.5 Å². The Morgan fingerprint density at radius 1 is 1.58 bits per heavy atom. The zero-order valence-electron chi connectivity index (χ0n) is 7.89. The van der Waals surface area contributed by atoms with E-state index in [9.17, 15) is 4.79 Å². The maximum atomic E-state index is 11.1. The van der Waals surface area contributed by atoms with Crippen LogP contribution >= 0.6 is 0 Å². The van der Waals surface area contributed by atoms with Crippen LogP contribution in [0, 0.1) is 5.92 Å². The number of amides is 2. The summed E-state index contributed by atoms with van der Waals surface area (Å²) in [6, 6.07) is 0.458. The van der Waals surface area contributed by atoms with Gasteiger partial charge in [-0.2, -0.15) is 0 Å². The first kappa shape index (κ1) is 9.36. The Labute approximate surface area is 73.9 Å². The van der Waals surface area contributed by atoms with Crippen molar-refractivity contribution in [2.45, 2.75) is 39.2 Å². The number of carbonyl (C=O) groups is 1. The monoisotopic (exact) mass is 170 g/mol. The largest absolute Gasteiger partial charge is 0.338 e. The van der Waals surface area contributed by atoms with Crippen LogP contribution in [-0.2, 0) is 0 Å². The summed E-state index contributed by atoms with van der Waals surface area (Å²) in [7, 11) is 0. The number of hydrogen-bond donors (Lipinski definition) is 2. The van der Waals surface area contributed by atoms with E-state index in [0.717, 1.165) is 25.8 Å². The number of rotatable bonds is 4. The van der Waals surface area contributed by atoms with E-state index < -0.39 is 0 Å². The molecule has 0 saturated heterocycles. The first-order valence-corrected chi connectivity index (χ1v) is 4.76. The first-order chi connectivity index (χ1) is 5.72. The third kappa shape index (κ3) is 3.60. The van der Waals surface area contributed by atoms with Gasteiger partial charge in [0.1, 0.15) is 0 Å². The molecule has 1 rings (SSSR count). The van der Waals surface area contributed by atoms with Gasteiger partial charge in [-0.05, 0) is 18.8 Å². The van der Waals surface area contributed by atoms with E-state index in [4.69, 9.17) is 0 Å². The topological polar surface area (TPSA) is 41.1 Å². The highest BCUT2D eigenvalue weighted by molar-refractivity contribution is 5.74. The summed E-state index contributed by atoms with van der Waals surface area (Å²) in [6.45, 7) is 5.05.